The Morgan fingerprint density at radius 2 is 1.45 bits per heavy atom. The van der Waals surface area contributed by atoms with Gasteiger partial charge in [0.05, 0.1) is 21.5 Å². The molecule has 0 spiro atoms. The number of hydrogen-bond donors (Lipinski definition) is 0. The third kappa shape index (κ3) is 2.91. The Bertz CT molecular complexity index is 1440. The number of pyridine rings is 1. The van der Waals surface area contributed by atoms with Crippen LogP contribution in [-0.2, 0) is 0 Å². The highest BCUT2D eigenvalue weighted by atomic mass is 16.6. The molecule has 138 valence electrons. The van der Waals surface area contributed by atoms with Crippen LogP contribution in [0.3, 0.4) is 0 Å². The van der Waals surface area contributed by atoms with E-state index in [1.54, 1.807) is 12.1 Å². The largest absolute Gasteiger partial charge is 0.276 e. The minimum absolute atomic E-state index is 0.0943. The molecule has 4 aromatic carbocycles. The number of rotatable bonds is 3. The maximum absolute atomic E-state index is 11.4. The molecule has 0 saturated heterocycles. The summed E-state index contributed by atoms with van der Waals surface area (Å²) in [5.41, 5.74) is 3.52. The summed E-state index contributed by atoms with van der Waals surface area (Å²) in [6.07, 6.45) is 3.78. The van der Waals surface area contributed by atoms with Crippen LogP contribution in [-0.4, -0.2) is 9.91 Å². The van der Waals surface area contributed by atoms with Gasteiger partial charge in [0, 0.05) is 22.2 Å². The van der Waals surface area contributed by atoms with Gasteiger partial charge in [-0.3, -0.25) is 10.1 Å². The molecular weight excluding hydrogens is 360 g/mol. The second-order valence-electron chi connectivity index (χ2n) is 6.87. The Balaban J connectivity index is 1.82. The number of nitrogens with zero attached hydrogens (tertiary/aromatic N) is 2. The molecule has 0 aliphatic rings. The highest BCUT2D eigenvalue weighted by Crippen LogP contribution is 2.32. The molecule has 0 radical (unpaired) electrons. The van der Waals surface area contributed by atoms with Crippen molar-refractivity contribution in [3.05, 3.63) is 106 Å². The van der Waals surface area contributed by atoms with Crippen molar-refractivity contribution in [2.24, 2.45) is 0 Å². The highest BCUT2D eigenvalue weighted by Gasteiger charge is 2.12. The van der Waals surface area contributed by atoms with Crippen LogP contribution >= 0.6 is 0 Å². The van der Waals surface area contributed by atoms with Crippen molar-refractivity contribution in [3.8, 4) is 0 Å². The van der Waals surface area contributed by atoms with Crippen molar-refractivity contribution < 1.29 is 4.92 Å². The fourth-order valence-corrected chi connectivity index (χ4v) is 3.80. The SMILES string of the molecule is O=[N+]([O-])c1ccccc1/C=C\c1c2ccccc2nc2c1ccc1ccccc12. The predicted octanol–water partition coefficient (Wildman–Crippen LogP) is 6.62. The molecule has 1 heterocycles. The molecular formula is C25H16N2O2. The van der Waals surface area contributed by atoms with E-state index in [0.717, 1.165) is 38.1 Å². The van der Waals surface area contributed by atoms with Crippen molar-refractivity contribution in [3.63, 3.8) is 0 Å². The zero-order valence-electron chi connectivity index (χ0n) is 15.4. The van der Waals surface area contributed by atoms with E-state index in [1.165, 1.54) is 6.07 Å². The first kappa shape index (κ1) is 17.1. The Morgan fingerprint density at radius 3 is 2.31 bits per heavy atom. The second-order valence-corrected chi connectivity index (χ2v) is 6.87. The summed E-state index contributed by atoms with van der Waals surface area (Å²) in [5.74, 6) is 0. The third-order valence-electron chi connectivity index (χ3n) is 5.18. The van der Waals surface area contributed by atoms with Gasteiger partial charge in [0.1, 0.15) is 0 Å². The molecule has 0 aliphatic heterocycles. The van der Waals surface area contributed by atoms with E-state index in [2.05, 4.69) is 24.3 Å². The van der Waals surface area contributed by atoms with E-state index in [9.17, 15) is 10.1 Å². The van der Waals surface area contributed by atoms with Crippen LogP contribution in [0.4, 0.5) is 5.69 Å². The zero-order valence-corrected chi connectivity index (χ0v) is 15.4. The van der Waals surface area contributed by atoms with Crippen molar-refractivity contribution in [2.75, 3.05) is 0 Å². The van der Waals surface area contributed by atoms with Gasteiger partial charge in [-0.05, 0) is 29.2 Å². The lowest BCUT2D eigenvalue weighted by atomic mass is 9.98. The third-order valence-corrected chi connectivity index (χ3v) is 5.18. The Hall–Kier alpha value is -4.05. The van der Waals surface area contributed by atoms with Crippen LogP contribution < -0.4 is 0 Å². The van der Waals surface area contributed by atoms with E-state index in [1.807, 2.05) is 54.6 Å². The number of para-hydroxylation sites is 2. The Morgan fingerprint density at radius 1 is 0.724 bits per heavy atom. The minimum Gasteiger partial charge on any atom is -0.258 e. The molecule has 29 heavy (non-hydrogen) atoms. The predicted molar refractivity (Wildman–Crippen MR) is 119 cm³/mol. The summed E-state index contributed by atoms with van der Waals surface area (Å²) in [7, 11) is 0. The standard InChI is InChI=1S/C25H16N2O2/c28-27(29)24-12-6-2-8-18(24)14-15-20-21-10-4-5-11-23(21)26-25-19-9-3-1-7-17(19)13-16-22(20)25/h1-16H/b15-14-. The number of fused-ring (bicyclic) bond motifs is 4. The van der Waals surface area contributed by atoms with E-state index in [-0.39, 0.29) is 10.6 Å². The van der Waals surface area contributed by atoms with Crippen LogP contribution in [0.25, 0.3) is 44.7 Å². The maximum Gasteiger partial charge on any atom is 0.276 e. The Labute approximate surface area is 166 Å². The molecule has 5 rings (SSSR count). The van der Waals surface area contributed by atoms with Gasteiger partial charge in [0.25, 0.3) is 5.69 Å². The van der Waals surface area contributed by atoms with E-state index < -0.39 is 0 Å². The quantitative estimate of drug-likeness (QED) is 0.154. The lowest BCUT2D eigenvalue weighted by Gasteiger charge is -2.10. The monoisotopic (exact) mass is 376 g/mol. The van der Waals surface area contributed by atoms with Crippen LogP contribution in [0.1, 0.15) is 11.1 Å². The minimum atomic E-state index is -0.351. The summed E-state index contributed by atoms with van der Waals surface area (Å²) < 4.78 is 0. The molecule has 0 amide bonds. The average Bonchev–Trinajstić information content (AvgIpc) is 2.76. The molecule has 0 atom stereocenters. The van der Waals surface area contributed by atoms with Gasteiger partial charge >= 0.3 is 0 Å². The van der Waals surface area contributed by atoms with Crippen molar-refractivity contribution in [2.45, 2.75) is 0 Å². The smallest absolute Gasteiger partial charge is 0.258 e. The zero-order chi connectivity index (χ0) is 19.8. The molecule has 0 N–H and O–H groups in total. The molecule has 0 fully saturated rings. The Kier molecular flexibility index (Phi) is 4.03. The molecule has 4 nitrogen and oxygen atoms in total. The van der Waals surface area contributed by atoms with Gasteiger partial charge in [-0.1, -0.05) is 72.8 Å². The van der Waals surface area contributed by atoms with Crippen molar-refractivity contribution in [1.29, 1.82) is 0 Å². The fourth-order valence-electron chi connectivity index (χ4n) is 3.80. The van der Waals surface area contributed by atoms with E-state index >= 15 is 0 Å². The van der Waals surface area contributed by atoms with Gasteiger partial charge in [0.15, 0.2) is 0 Å². The first-order valence-corrected chi connectivity index (χ1v) is 9.34. The lowest BCUT2D eigenvalue weighted by Crippen LogP contribution is -1.91. The number of aromatic nitrogens is 1. The first-order valence-electron chi connectivity index (χ1n) is 9.34. The number of nitro groups is 1. The number of benzene rings is 4. The second kappa shape index (κ2) is 6.84. The first-order chi connectivity index (χ1) is 14.2. The average molecular weight is 376 g/mol. The molecule has 1 aromatic heterocycles. The molecule has 4 heteroatoms. The molecule has 0 aliphatic carbocycles. The molecule has 5 aromatic rings. The lowest BCUT2D eigenvalue weighted by molar-refractivity contribution is -0.385. The van der Waals surface area contributed by atoms with Crippen LogP contribution in [0.2, 0.25) is 0 Å². The summed E-state index contributed by atoms with van der Waals surface area (Å²) in [4.78, 5) is 15.9. The van der Waals surface area contributed by atoms with Crippen LogP contribution in [0.15, 0.2) is 84.9 Å². The summed E-state index contributed by atoms with van der Waals surface area (Å²) in [6, 6.07) is 27.1. The highest BCUT2D eigenvalue weighted by molar-refractivity contribution is 6.13. The van der Waals surface area contributed by atoms with Gasteiger partial charge in [-0.25, -0.2) is 4.98 Å². The topological polar surface area (TPSA) is 56.0 Å². The number of hydrogen-bond acceptors (Lipinski definition) is 3. The van der Waals surface area contributed by atoms with E-state index in [4.69, 9.17) is 4.98 Å². The van der Waals surface area contributed by atoms with Gasteiger partial charge in [0.2, 0.25) is 0 Å². The van der Waals surface area contributed by atoms with Crippen molar-refractivity contribution in [1.82, 2.24) is 4.98 Å². The molecule has 0 unspecified atom stereocenters. The molecule has 0 saturated carbocycles. The van der Waals surface area contributed by atoms with Crippen molar-refractivity contribution >= 4 is 50.4 Å². The normalized spacial score (nSPS) is 11.6. The van der Waals surface area contributed by atoms with Crippen LogP contribution in [0, 0.1) is 10.1 Å². The van der Waals surface area contributed by atoms with E-state index in [0.29, 0.717) is 5.56 Å². The number of nitro benzene ring substituents is 1. The fraction of sp³-hybridized carbons (Fsp3) is 0. The molecule has 0 bridgehead atoms. The van der Waals surface area contributed by atoms with Gasteiger partial charge < -0.3 is 0 Å². The summed E-state index contributed by atoms with van der Waals surface area (Å²) in [6.45, 7) is 0. The van der Waals surface area contributed by atoms with Crippen LogP contribution in [0.5, 0.6) is 0 Å². The summed E-state index contributed by atoms with van der Waals surface area (Å²) >= 11 is 0. The van der Waals surface area contributed by atoms with Gasteiger partial charge in [-0.2, -0.15) is 0 Å². The summed E-state index contributed by atoms with van der Waals surface area (Å²) in [5, 5.41) is 15.6. The maximum atomic E-state index is 11.4. The van der Waals surface area contributed by atoms with Gasteiger partial charge in [-0.15, -0.1) is 0 Å².